The standard InChI is InChI=1S/3C13H13P.C12H17N.2ClH.W/c3*1-14(12-8-4-2-5-9-12)13-10-6-3-7-11-13;1-8(2)10-6-5-7-11(9(3)4)12(10)13;;;/h3*2-11H,1H3;5-9H,1-4H3;2*1H;/q;;;;;;+2/p-2. The molecule has 1 nitrogen and oxygen atoms in total. The van der Waals surface area contributed by atoms with Gasteiger partial charge in [0.05, 0.1) is 0 Å². The zero-order chi connectivity index (χ0) is 41.7. The maximum Gasteiger partial charge on any atom is -0.0198 e. The van der Waals surface area contributed by atoms with Crippen LogP contribution in [0.3, 0.4) is 0 Å². The summed E-state index contributed by atoms with van der Waals surface area (Å²) in [6.07, 6.45) is 0. The summed E-state index contributed by atoms with van der Waals surface area (Å²) >= 11 is -2.47. The van der Waals surface area contributed by atoms with E-state index in [1.165, 1.54) is 43.0 Å². The van der Waals surface area contributed by atoms with Gasteiger partial charge < -0.3 is 0 Å². The Hall–Kier alpha value is -3.10. The van der Waals surface area contributed by atoms with Crippen LogP contribution < -0.4 is 31.8 Å². The molecule has 0 bridgehead atoms. The largest absolute Gasteiger partial charge is 0.0622 e. The van der Waals surface area contributed by atoms with Gasteiger partial charge in [-0.25, -0.2) is 0 Å². The first-order valence-electron chi connectivity index (χ1n) is 19.5. The third-order valence-electron chi connectivity index (χ3n) is 9.36. The Kier molecular flexibility index (Phi) is 21.5. The van der Waals surface area contributed by atoms with E-state index in [9.17, 15) is 0 Å². The molecule has 0 atom stereocenters. The minimum absolute atomic E-state index is 0.171. The quantitative estimate of drug-likeness (QED) is 0.128. The van der Waals surface area contributed by atoms with E-state index in [4.69, 9.17) is 18.8 Å². The first kappa shape index (κ1) is 47.6. The van der Waals surface area contributed by atoms with Crippen LogP contribution in [0.15, 0.2) is 204 Å². The second kappa shape index (κ2) is 26.2. The van der Waals surface area contributed by atoms with Crippen LogP contribution in [0.1, 0.15) is 50.7 Å². The molecular formula is C51H56Cl2NP3W. The van der Waals surface area contributed by atoms with Crippen molar-refractivity contribution in [2.75, 3.05) is 20.0 Å². The van der Waals surface area contributed by atoms with Crippen molar-refractivity contribution in [1.82, 2.24) is 0 Å². The van der Waals surface area contributed by atoms with Crippen LogP contribution in [0, 0.1) is 0 Å². The fourth-order valence-corrected chi connectivity index (χ4v) is 13.0. The first-order chi connectivity index (χ1) is 28.1. The van der Waals surface area contributed by atoms with Gasteiger partial charge in [0.2, 0.25) is 0 Å². The van der Waals surface area contributed by atoms with Crippen LogP contribution in [-0.2, 0) is 15.0 Å². The number of rotatable bonds is 9. The van der Waals surface area contributed by atoms with Gasteiger partial charge in [0.25, 0.3) is 0 Å². The Morgan fingerprint density at radius 3 is 0.724 bits per heavy atom. The molecule has 0 N–H and O–H groups in total. The summed E-state index contributed by atoms with van der Waals surface area (Å²) in [4.78, 5) is 0. The summed E-state index contributed by atoms with van der Waals surface area (Å²) in [5, 5.41) is 8.63. The molecular weight excluding hydrogens is 974 g/mol. The molecule has 7 aromatic carbocycles. The molecule has 0 aromatic heterocycles. The normalized spacial score (nSPS) is 10.7. The van der Waals surface area contributed by atoms with Gasteiger partial charge in [-0.2, -0.15) is 0 Å². The summed E-state index contributed by atoms with van der Waals surface area (Å²) in [5.74, 6) is 0.904. The van der Waals surface area contributed by atoms with E-state index in [-0.39, 0.29) is 23.8 Å². The molecule has 0 heterocycles. The maximum atomic E-state index is 5.96. The van der Waals surface area contributed by atoms with Crippen molar-refractivity contribution in [2.45, 2.75) is 39.5 Å². The number of hydrogen-bond donors (Lipinski definition) is 0. The average Bonchev–Trinajstić information content (AvgIpc) is 3.28. The van der Waals surface area contributed by atoms with Gasteiger partial charge in [0, 0.05) is 0 Å². The van der Waals surface area contributed by atoms with Crippen LogP contribution in [0.2, 0.25) is 0 Å². The van der Waals surface area contributed by atoms with Gasteiger partial charge in [-0.1, -0.05) is 182 Å². The summed E-state index contributed by atoms with van der Waals surface area (Å²) in [6, 6.07) is 70.5. The second-order valence-corrected chi connectivity index (χ2v) is 28.7. The molecule has 0 saturated carbocycles. The van der Waals surface area contributed by atoms with Crippen molar-refractivity contribution in [3.8, 4) is 0 Å². The van der Waals surface area contributed by atoms with E-state index in [1.807, 2.05) is 0 Å². The predicted molar refractivity (Wildman–Crippen MR) is 263 cm³/mol. The van der Waals surface area contributed by atoms with Crippen molar-refractivity contribution >= 4 is 80.1 Å². The van der Waals surface area contributed by atoms with E-state index in [0.29, 0.717) is 11.8 Å². The Morgan fingerprint density at radius 2 is 0.552 bits per heavy atom. The smallest absolute Gasteiger partial charge is 0.0198 e. The summed E-state index contributed by atoms with van der Waals surface area (Å²) in [7, 11) is 11.4. The van der Waals surface area contributed by atoms with Gasteiger partial charge in [-0.15, -0.1) is 0 Å². The van der Waals surface area contributed by atoms with Crippen LogP contribution in [0.4, 0.5) is 5.69 Å². The monoisotopic (exact) mass is 1030 g/mol. The number of nitrogens with zero attached hydrogens (tertiary/aromatic N) is 1. The van der Waals surface area contributed by atoms with E-state index < -0.39 is 15.0 Å². The molecule has 0 aliphatic rings. The van der Waals surface area contributed by atoms with Crippen molar-refractivity contribution < 1.29 is 15.0 Å². The third-order valence-corrected chi connectivity index (χ3v) is 18.1. The zero-order valence-corrected chi connectivity index (χ0v) is 41.8. The SMILES string of the molecule is CC(C)c1cccc(C(C)C)c1[N]=[W]([Cl])[Cl].CP(c1ccccc1)c1ccccc1.CP(c1ccccc1)c1ccccc1.CP(c1ccccc1)c1ccccc1. The zero-order valence-electron chi connectivity index (χ0n) is 34.7. The molecule has 0 aliphatic heterocycles. The molecule has 7 heteroatoms. The average molecular weight is 1030 g/mol. The van der Waals surface area contributed by atoms with E-state index in [1.54, 1.807) is 0 Å². The number of hydrogen-bond acceptors (Lipinski definition) is 1. The van der Waals surface area contributed by atoms with Crippen molar-refractivity contribution in [2.24, 2.45) is 3.50 Å². The Morgan fingerprint density at radius 1 is 0.345 bits per heavy atom. The molecule has 58 heavy (non-hydrogen) atoms. The second-order valence-electron chi connectivity index (χ2n) is 14.1. The Balaban J connectivity index is 0.000000171. The molecule has 0 aliphatic carbocycles. The Labute approximate surface area is 366 Å². The topological polar surface area (TPSA) is 12.4 Å². The molecule has 0 fully saturated rings. The number of benzene rings is 7. The Bertz CT molecular complexity index is 1850. The fourth-order valence-electron chi connectivity index (χ4n) is 6.04. The summed E-state index contributed by atoms with van der Waals surface area (Å²) in [5.41, 5.74) is 3.56. The van der Waals surface area contributed by atoms with E-state index >= 15 is 0 Å². The van der Waals surface area contributed by atoms with Crippen LogP contribution >= 0.6 is 42.6 Å². The molecule has 0 amide bonds. The van der Waals surface area contributed by atoms with Crippen molar-refractivity contribution in [3.63, 3.8) is 0 Å². The molecule has 7 aromatic rings. The van der Waals surface area contributed by atoms with Gasteiger partial charge in [0.15, 0.2) is 0 Å². The predicted octanol–water partition coefficient (Wildman–Crippen LogP) is 13.9. The van der Waals surface area contributed by atoms with Crippen LogP contribution in [0.5, 0.6) is 0 Å². The molecule has 7 rings (SSSR count). The summed E-state index contributed by atoms with van der Waals surface area (Å²) in [6.45, 7) is 15.6. The van der Waals surface area contributed by atoms with Gasteiger partial charge in [-0.3, -0.25) is 0 Å². The third kappa shape index (κ3) is 15.8. The minimum Gasteiger partial charge on any atom is -0.0622 e. The van der Waals surface area contributed by atoms with Crippen molar-refractivity contribution in [3.05, 3.63) is 211 Å². The van der Waals surface area contributed by atoms with Gasteiger partial charge in [-0.05, 0) is 75.6 Å². The molecule has 0 saturated heterocycles. The minimum atomic E-state index is -2.47. The molecule has 300 valence electrons. The molecule has 0 radical (unpaired) electrons. The first-order valence-corrected chi connectivity index (χ1v) is 33.4. The van der Waals surface area contributed by atoms with Crippen molar-refractivity contribution in [1.29, 1.82) is 0 Å². The van der Waals surface area contributed by atoms with Crippen LogP contribution in [-0.4, -0.2) is 20.0 Å². The van der Waals surface area contributed by atoms with Gasteiger partial charge >= 0.3 is 112 Å². The fraction of sp³-hybridized carbons (Fsp3) is 0.176. The van der Waals surface area contributed by atoms with Crippen LogP contribution in [0.25, 0.3) is 0 Å². The maximum absolute atomic E-state index is 5.96. The molecule has 0 unspecified atom stereocenters. The number of halogens is 2. The molecule has 0 spiro atoms. The van der Waals surface area contributed by atoms with E-state index in [2.05, 4.69) is 251 Å². The van der Waals surface area contributed by atoms with Gasteiger partial charge in [0.1, 0.15) is 0 Å². The summed E-state index contributed by atoms with van der Waals surface area (Å²) < 4.78 is 4.53. The van der Waals surface area contributed by atoms with E-state index in [0.717, 1.165) is 5.69 Å².